The van der Waals surface area contributed by atoms with E-state index in [-0.39, 0.29) is 0 Å². The van der Waals surface area contributed by atoms with Gasteiger partial charge in [0.2, 0.25) is 0 Å². The molecule has 15 heavy (non-hydrogen) atoms. The summed E-state index contributed by atoms with van der Waals surface area (Å²) in [5.41, 5.74) is 1.27. The molecule has 0 aliphatic carbocycles. The van der Waals surface area contributed by atoms with Crippen molar-refractivity contribution in [3.05, 3.63) is 63.3 Å². The third kappa shape index (κ3) is 3.14. The van der Waals surface area contributed by atoms with Gasteiger partial charge in [-0.05, 0) is 18.2 Å². The molecule has 76 valence electrons. The summed E-state index contributed by atoms with van der Waals surface area (Å²) >= 11 is 6.97. The van der Waals surface area contributed by atoms with E-state index in [0.29, 0.717) is 0 Å². The lowest BCUT2D eigenvalue weighted by Crippen LogP contribution is -2.32. The van der Waals surface area contributed by atoms with Crippen LogP contribution in [0, 0.1) is 0 Å². The van der Waals surface area contributed by atoms with Gasteiger partial charge in [0.25, 0.3) is 0 Å². The molecule has 2 aromatic rings. The summed E-state index contributed by atoms with van der Waals surface area (Å²) < 4.78 is 4.35. The van der Waals surface area contributed by atoms with E-state index in [1.165, 1.54) is 5.56 Å². The molecule has 0 fully saturated rings. The van der Waals surface area contributed by atoms with Crippen molar-refractivity contribution in [3.8, 4) is 0 Å². The van der Waals surface area contributed by atoms with Gasteiger partial charge in [0, 0.05) is 26.6 Å². The molecule has 0 atom stereocenters. The Kier molecular flexibility index (Phi) is 3.54. The summed E-state index contributed by atoms with van der Waals surface area (Å²) in [5, 5.41) is 0. The van der Waals surface area contributed by atoms with Gasteiger partial charge in [0.15, 0.2) is 18.9 Å². The van der Waals surface area contributed by atoms with Crippen LogP contribution < -0.4 is 4.57 Å². The van der Waals surface area contributed by atoms with E-state index < -0.39 is 0 Å². The minimum atomic E-state index is 0.888. The Morgan fingerprint density at radius 3 is 2.07 bits per heavy atom. The van der Waals surface area contributed by atoms with Crippen LogP contribution in [0.25, 0.3) is 0 Å². The minimum absolute atomic E-state index is 0.888. The normalized spacial score (nSPS) is 10.3. The second kappa shape index (κ2) is 4.90. The molecule has 1 nitrogen and oxygen atoms in total. The summed E-state index contributed by atoms with van der Waals surface area (Å²) in [6.45, 7) is 0.888. The van der Waals surface area contributed by atoms with Crippen molar-refractivity contribution in [2.24, 2.45) is 0 Å². The van der Waals surface area contributed by atoms with Crippen LogP contribution in [-0.4, -0.2) is 0 Å². The molecule has 0 saturated carbocycles. The van der Waals surface area contributed by atoms with E-state index in [9.17, 15) is 0 Å². The lowest BCUT2D eigenvalue weighted by atomic mass is 10.2. The van der Waals surface area contributed by atoms with Gasteiger partial charge < -0.3 is 0 Å². The summed E-state index contributed by atoms with van der Waals surface area (Å²) in [4.78, 5) is 0. The third-order valence-corrected chi connectivity index (χ3v) is 2.98. The molecule has 0 aliphatic heterocycles. The van der Waals surface area contributed by atoms with E-state index >= 15 is 0 Å². The van der Waals surface area contributed by atoms with Crippen LogP contribution in [0.3, 0.4) is 0 Å². The number of halogens is 2. The fraction of sp³-hybridized carbons (Fsp3) is 0.0833. The molecular formula is C12H10Br2N+. The Hall–Kier alpha value is -0.670. The summed E-state index contributed by atoms with van der Waals surface area (Å²) in [6.07, 6.45) is 4.13. The average molecular weight is 328 g/mol. The van der Waals surface area contributed by atoms with E-state index in [0.717, 1.165) is 15.5 Å². The number of benzene rings is 1. The first kappa shape index (κ1) is 10.8. The van der Waals surface area contributed by atoms with Crippen molar-refractivity contribution in [1.82, 2.24) is 0 Å². The molecule has 1 heterocycles. The van der Waals surface area contributed by atoms with Gasteiger partial charge in [-0.2, -0.15) is 0 Å². The highest BCUT2D eigenvalue weighted by molar-refractivity contribution is 9.11. The van der Waals surface area contributed by atoms with Crippen molar-refractivity contribution < 1.29 is 4.57 Å². The maximum atomic E-state index is 3.49. The van der Waals surface area contributed by atoms with Crippen molar-refractivity contribution in [1.29, 1.82) is 0 Å². The zero-order chi connectivity index (χ0) is 10.7. The number of pyridine rings is 1. The number of nitrogens with zero attached hydrogens (tertiary/aromatic N) is 1. The zero-order valence-corrected chi connectivity index (χ0v) is 11.2. The lowest BCUT2D eigenvalue weighted by molar-refractivity contribution is -0.688. The highest BCUT2D eigenvalue weighted by Crippen LogP contribution is 2.19. The van der Waals surface area contributed by atoms with E-state index in [1.54, 1.807) is 0 Å². The molecule has 0 amide bonds. The largest absolute Gasteiger partial charge is 0.201 e. The number of aromatic nitrogens is 1. The third-order valence-electron chi connectivity index (χ3n) is 2.06. The molecule has 0 saturated heterocycles. The van der Waals surface area contributed by atoms with Crippen molar-refractivity contribution in [3.63, 3.8) is 0 Å². The molecular weight excluding hydrogens is 318 g/mol. The Morgan fingerprint density at radius 1 is 0.867 bits per heavy atom. The SMILES string of the molecule is Brc1cc(Br)cc(C[n+]2ccccc2)c1. The Balaban J connectivity index is 2.25. The minimum Gasteiger partial charge on any atom is -0.201 e. The van der Waals surface area contributed by atoms with Crippen LogP contribution in [0.4, 0.5) is 0 Å². The Bertz CT molecular complexity index is 434. The van der Waals surface area contributed by atoms with Gasteiger partial charge in [0.05, 0.1) is 0 Å². The molecule has 3 heteroatoms. The first-order valence-corrected chi connectivity index (χ1v) is 6.22. The summed E-state index contributed by atoms with van der Waals surface area (Å²) in [7, 11) is 0. The van der Waals surface area contributed by atoms with Crippen LogP contribution in [0.2, 0.25) is 0 Å². The molecule has 1 aromatic carbocycles. The average Bonchev–Trinajstić information content (AvgIpc) is 2.17. The Labute approximate surface area is 106 Å². The van der Waals surface area contributed by atoms with E-state index in [1.807, 2.05) is 24.3 Å². The van der Waals surface area contributed by atoms with E-state index in [2.05, 4.69) is 61.0 Å². The predicted molar refractivity (Wildman–Crippen MR) is 67.6 cm³/mol. The lowest BCUT2D eigenvalue weighted by Gasteiger charge is -2.00. The van der Waals surface area contributed by atoms with Gasteiger partial charge in [-0.3, -0.25) is 0 Å². The monoisotopic (exact) mass is 326 g/mol. The molecule has 0 bridgehead atoms. The summed E-state index contributed by atoms with van der Waals surface area (Å²) in [6, 6.07) is 12.4. The van der Waals surface area contributed by atoms with Crippen molar-refractivity contribution in [2.75, 3.05) is 0 Å². The van der Waals surface area contributed by atoms with Gasteiger partial charge in [-0.25, -0.2) is 4.57 Å². The number of rotatable bonds is 2. The fourth-order valence-electron chi connectivity index (χ4n) is 1.45. The van der Waals surface area contributed by atoms with Crippen LogP contribution in [0.15, 0.2) is 57.7 Å². The van der Waals surface area contributed by atoms with Crippen LogP contribution in [0.1, 0.15) is 5.56 Å². The highest BCUT2D eigenvalue weighted by Gasteiger charge is 2.03. The predicted octanol–water partition coefficient (Wildman–Crippen LogP) is 3.55. The maximum absolute atomic E-state index is 3.49. The van der Waals surface area contributed by atoms with Crippen molar-refractivity contribution in [2.45, 2.75) is 6.54 Å². The molecule has 0 aliphatic rings. The van der Waals surface area contributed by atoms with Crippen LogP contribution in [0.5, 0.6) is 0 Å². The molecule has 0 spiro atoms. The second-order valence-corrected chi connectivity index (χ2v) is 5.16. The maximum Gasteiger partial charge on any atom is 0.173 e. The second-order valence-electron chi connectivity index (χ2n) is 3.33. The highest BCUT2D eigenvalue weighted by atomic mass is 79.9. The first-order chi connectivity index (χ1) is 7.24. The van der Waals surface area contributed by atoms with Crippen molar-refractivity contribution >= 4 is 31.9 Å². The fourth-order valence-corrected chi connectivity index (χ4v) is 2.84. The number of hydrogen-bond donors (Lipinski definition) is 0. The standard InChI is InChI=1S/C12H10Br2N/c13-11-6-10(7-12(14)8-11)9-15-4-2-1-3-5-15/h1-8H,9H2/q+1. The quantitative estimate of drug-likeness (QED) is 0.743. The van der Waals surface area contributed by atoms with Gasteiger partial charge >= 0.3 is 0 Å². The van der Waals surface area contributed by atoms with Crippen LogP contribution in [-0.2, 0) is 6.54 Å². The van der Waals surface area contributed by atoms with Gasteiger partial charge in [-0.15, -0.1) is 0 Å². The molecule has 0 N–H and O–H groups in total. The molecule has 2 rings (SSSR count). The smallest absolute Gasteiger partial charge is 0.173 e. The summed E-state index contributed by atoms with van der Waals surface area (Å²) in [5.74, 6) is 0. The topological polar surface area (TPSA) is 3.88 Å². The van der Waals surface area contributed by atoms with Gasteiger partial charge in [-0.1, -0.05) is 37.9 Å². The molecule has 0 radical (unpaired) electrons. The zero-order valence-electron chi connectivity index (χ0n) is 8.03. The van der Waals surface area contributed by atoms with Crippen LogP contribution >= 0.6 is 31.9 Å². The first-order valence-electron chi connectivity index (χ1n) is 4.63. The van der Waals surface area contributed by atoms with E-state index in [4.69, 9.17) is 0 Å². The number of hydrogen-bond acceptors (Lipinski definition) is 0. The Morgan fingerprint density at radius 2 is 1.47 bits per heavy atom. The molecule has 1 aromatic heterocycles. The molecule has 0 unspecified atom stereocenters. The van der Waals surface area contributed by atoms with Gasteiger partial charge in [0.1, 0.15) is 0 Å².